The molecular formula is C13H14BrN3O. The van der Waals surface area contributed by atoms with Gasteiger partial charge in [-0.1, -0.05) is 15.9 Å². The van der Waals surface area contributed by atoms with E-state index < -0.39 is 0 Å². The first-order valence-corrected chi connectivity index (χ1v) is 6.35. The molecule has 5 heteroatoms. The van der Waals surface area contributed by atoms with Crippen molar-refractivity contribution in [2.75, 3.05) is 5.32 Å². The highest BCUT2D eigenvalue weighted by molar-refractivity contribution is 9.10. The number of aryl methyl sites for hydroxylation is 2. The first-order chi connectivity index (χ1) is 8.49. The summed E-state index contributed by atoms with van der Waals surface area (Å²) in [5.74, 6) is -0.125. The van der Waals surface area contributed by atoms with E-state index in [1.807, 2.05) is 45.2 Å². The Labute approximate surface area is 114 Å². The molecule has 18 heavy (non-hydrogen) atoms. The molecule has 0 radical (unpaired) electrons. The Hall–Kier alpha value is -1.62. The standard InChI is InChI=1S/C13H14BrN3O/c1-8-12(9(2)17(3)16-8)13(18)15-11-6-4-10(14)5-7-11/h4-7H,1-3H3,(H,15,18). The van der Waals surface area contributed by atoms with Gasteiger partial charge in [0.2, 0.25) is 0 Å². The van der Waals surface area contributed by atoms with Crippen LogP contribution in [-0.2, 0) is 7.05 Å². The lowest BCUT2D eigenvalue weighted by Crippen LogP contribution is -2.13. The van der Waals surface area contributed by atoms with Crippen molar-refractivity contribution in [2.24, 2.45) is 7.05 Å². The molecule has 0 aliphatic rings. The SMILES string of the molecule is Cc1nn(C)c(C)c1C(=O)Nc1ccc(Br)cc1. The highest BCUT2D eigenvalue weighted by Crippen LogP contribution is 2.17. The normalized spacial score (nSPS) is 10.4. The Morgan fingerprint density at radius 2 is 1.89 bits per heavy atom. The van der Waals surface area contributed by atoms with Gasteiger partial charge < -0.3 is 5.32 Å². The number of rotatable bonds is 2. The lowest BCUT2D eigenvalue weighted by Gasteiger charge is -2.05. The van der Waals surface area contributed by atoms with Crippen LogP contribution < -0.4 is 5.32 Å². The number of amides is 1. The van der Waals surface area contributed by atoms with Crippen LogP contribution in [0.5, 0.6) is 0 Å². The molecule has 0 saturated carbocycles. The summed E-state index contributed by atoms with van der Waals surface area (Å²) >= 11 is 3.36. The van der Waals surface area contributed by atoms with Gasteiger partial charge in [-0.3, -0.25) is 9.48 Å². The number of halogens is 1. The number of hydrogen-bond acceptors (Lipinski definition) is 2. The van der Waals surface area contributed by atoms with E-state index in [0.29, 0.717) is 5.56 Å². The van der Waals surface area contributed by atoms with Gasteiger partial charge in [-0.15, -0.1) is 0 Å². The molecule has 1 N–H and O–H groups in total. The smallest absolute Gasteiger partial charge is 0.259 e. The van der Waals surface area contributed by atoms with Crippen molar-refractivity contribution >= 4 is 27.5 Å². The zero-order valence-electron chi connectivity index (χ0n) is 10.5. The summed E-state index contributed by atoms with van der Waals surface area (Å²) in [4.78, 5) is 12.2. The van der Waals surface area contributed by atoms with E-state index in [9.17, 15) is 4.79 Å². The average Bonchev–Trinajstić information content (AvgIpc) is 2.56. The van der Waals surface area contributed by atoms with Gasteiger partial charge in [0.1, 0.15) is 0 Å². The number of nitrogens with one attached hydrogen (secondary N) is 1. The minimum Gasteiger partial charge on any atom is -0.322 e. The zero-order valence-corrected chi connectivity index (χ0v) is 12.1. The van der Waals surface area contributed by atoms with Gasteiger partial charge in [-0.25, -0.2) is 0 Å². The third-order valence-electron chi connectivity index (χ3n) is 2.84. The van der Waals surface area contributed by atoms with Crippen LogP contribution in [-0.4, -0.2) is 15.7 Å². The second-order valence-corrected chi connectivity index (χ2v) is 5.05. The second kappa shape index (κ2) is 4.94. The first-order valence-electron chi connectivity index (χ1n) is 5.56. The fourth-order valence-corrected chi connectivity index (χ4v) is 2.09. The van der Waals surface area contributed by atoms with Crippen LogP contribution in [0.4, 0.5) is 5.69 Å². The van der Waals surface area contributed by atoms with Crippen molar-refractivity contribution in [3.63, 3.8) is 0 Å². The lowest BCUT2D eigenvalue weighted by atomic mass is 10.2. The predicted octanol–water partition coefficient (Wildman–Crippen LogP) is 3.05. The molecular weight excluding hydrogens is 294 g/mol. The van der Waals surface area contributed by atoms with Gasteiger partial charge in [0.15, 0.2) is 0 Å². The summed E-state index contributed by atoms with van der Waals surface area (Å²) in [5, 5.41) is 7.10. The summed E-state index contributed by atoms with van der Waals surface area (Å²) in [6.07, 6.45) is 0. The van der Waals surface area contributed by atoms with Crippen LogP contribution in [0.25, 0.3) is 0 Å². The molecule has 2 rings (SSSR count). The molecule has 2 aromatic rings. The maximum Gasteiger partial charge on any atom is 0.259 e. The summed E-state index contributed by atoms with van der Waals surface area (Å²) in [6.45, 7) is 3.72. The Kier molecular flexibility index (Phi) is 3.52. The number of aromatic nitrogens is 2. The molecule has 0 atom stereocenters. The number of benzene rings is 1. The molecule has 4 nitrogen and oxygen atoms in total. The molecule has 0 spiro atoms. The second-order valence-electron chi connectivity index (χ2n) is 4.13. The van der Waals surface area contributed by atoms with Crippen molar-refractivity contribution in [2.45, 2.75) is 13.8 Å². The van der Waals surface area contributed by atoms with E-state index in [4.69, 9.17) is 0 Å². The summed E-state index contributed by atoms with van der Waals surface area (Å²) in [7, 11) is 1.83. The zero-order chi connectivity index (χ0) is 13.3. The van der Waals surface area contributed by atoms with Crippen molar-refractivity contribution in [1.29, 1.82) is 0 Å². The minimum atomic E-state index is -0.125. The summed E-state index contributed by atoms with van der Waals surface area (Å²) in [6, 6.07) is 7.48. The minimum absolute atomic E-state index is 0.125. The average molecular weight is 308 g/mol. The van der Waals surface area contributed by atoms with E-state index >= 15 is 0 Å². The van der Waals surface area contributed by atoms with E-state index in [2.05, 4.69) is 26.3 Å². The number of hydrogen-bond donors (Lipinski definition) is 1. The van der Waals surface area contributed by atoms with E-state index in [1.165, 1.54) is 0 Å². The van der Waals surface area contributed by atoms with Crippen LogP contribution in [0.3, 0.4) is 0 Å². The lowest BCUT2D eigenvalue weighted by molar-refractivity contribution is 0.102. The van der Waals surface area contributed by atoms with Crippen LogP contribution in [0.15, 0.2) is 28.7 Å². The first kappa shape index (κ1) is 12.8. The molecule has 1 amide bonds. The van der Waals surface area contributed by atoms with Gasteiger partial charge in [-0.05, 0) is 38.1 Å². The molecule has 0 aliphatic heterocycles. The molecule has 1 aromatic carbocycles. The molecule has 0 bridgehead atoms. The molecule has 0 fully saturated rings. The fourth-order valence-electron chi connectivity index (χ4n) is 1.83. The molecule has 0 unspecified atom stereocenters. The number of anilines is 1. The maximum absolute atomic E-state index is 12.2. The van der Waals surface area contributed by atoms with Gasteiger partial charge in [0, 0.05) is 22.9 Å². The quantitative estimate of drug-likeness (QED) is 0.927. The molecule has 1 aromatic heterocycles. The van der Waals surface area contributed by atoms with Gasteiger partial charge in [0.25, 0.3) is 5.91 Å². The molecule has 1 heterocycles. The number of carbonyl (C=O) groups excluding carboxylic acids is 1. The van der Waals surface area contributed by atoms with E-state index in [1.54, 1.807) is 4.68 Å². The van der Waals surface area contributed by atoms with Crippen LogP contribution in [0.2, 0.25) is 0 Å². The summed E-state index contributed by atoms with van der Waals surface area (Å²) < 4.78 is 2.69. The fraction of sp³-hybridized carbons (Fsp3) is 0.231. The third kappa shape index (κ3) is 2.46. The van der Waals surface area contributed by atoms with E-state index in [0.717, 1.165) is 21.5 Å². The van der Waals surface area contributed by atoms with Gasteiger partial charge >= 0.3 is 0 Å². The van der Waals surface area contributed by atoms with E-state index in [-0.39, 0.29) is 5.91 Å². The predicted molar refractivity (Wildman–Crippen MR) is 74.8 cm³/mol. The maximum atomic E-state index is 12.2. The Morgan fingerprint density at radius 1 is 1.28 bits per heavy atom. The van der Waals surface area contributed by atoms with Crippen LogP contribution in [0.1, 0.15) is 21.7 Å². The largest absolute Gasteiger partial charge is 0.322 e. The Balaban J connectivity index is 2.24. The Bertz CT molecular complexity index is 587. The molecule has 0 aliphatic carbocycles. The highest BCUT2D eigenvalue weighted by atomic mass is 79.9. The van der Waals surface area contributed by atoms with Gasteiger partial charge in [0.05, 0.1) is 11.3 Å². The van der Waals surface area contributed by atoms with Crippen molar-refractivity contribution in [3.8, 4) is 0 Å². The van der Waals surface area contributed by atoms with Gasteiger partial charge in [-0.2, -0.15) is 5.10 Å². The van der Waals surface area contributed by atoms with Crippen molar-refractivity contribution < 1.29 is 4.79 Å². The highest BCUT2D eigenvalue weighted by Gasteiger charge is 2.17. The van der Waals surface area contributed by atoms with Crippen LogP contribution in [0, 0.1) is 13.8 Å². The number of nitrogens with zero attached hydrogens (tertiary/aromatic N) is 2. The summed E-state index contributed by atoms with van der Waals surface area (Å²) in [5.41, 5.74) is 3.01. The molecule has 94 valence electrons. The number of carbonyl (C=O) groups is 1. The van der Waals surface area contributed by atoms with Crippen molar-refractivity contribution in [3.05, 3.63) is 45.7 Å². The van der Waals surface area contributed by atoms with Crippen molar-refractivity contribution in [1.82, 2.24) is 9.78 Å². The van der Waals surface area contributed by atoms with Crippen LogP contribution >= 0.6 is 15.9 Å². The Morgan fingerprint density at radius 3 is 2.39 bits per heavy atom. The third-order valence-corrected chi connectivity index (χ3v) is 3.37. The molecule has 0 saturated heterocycles. The monoisotopic (exact) mass is 307 g/mol. The topological polar surface area (TPSA) is 46.9 Å².